The Morgan fingerprint density at radius 2 is 1.95 bits per heavy atom. The van der Waals surface area contributed by atoms with E-state index in [1.807, 2.05) is 0 Å². The molecule has 0 aliphatic carbocycles. The molecule has 3 nitrogen and oxygen atoms in total. The molecule has 1 heterocycles. The Morgan fingerprint density at radius 1 is 1.21 bits per heavy atom. The van der Waals surface area contributed by atoms with Gasteiger partial charge in [0.15, 0.2) is 0 Å². The maximum Gasteiger partial charge on any atom is 0.134 e. The number of rotatable bonds is 6. The van der Waals surface area contributed by atoms with Gasteiger partial charge < -0.3 is 5.32 Å². The highest BCUT2D eigenvalue weighted by molar-refractivity contribution is 7.11. The fourth-order valence-corrected chi connectivity index (χ4v) is 2.75. The highest BCUT2D eigenvalue weighted by atomic mass is 32.1. The van der Waals surface area contributed by atoms with Crippen LogP contribution >= 0.6 is 11.3 Å². The van der Waals surface area contributed by atoms with E-state index in [4.69, 9.17) is 0 Å². The lowest BCUT2D eigenvalue weighted by molar-refractivity contribution is 0.564. The van der Waals surface area contributed by atoms with Gasteiger partial charge in [0.1, 0.15) is 10.0 Å². The second kappa shape index (κ2) is 6.78. The molecule has 1 aromatic carbocycles. The normalized spacial score (nSPS) is 12.6. The zero-order chi connectivity index (χ0) is 13.7. The molecule has 19 heavy (non-hydrogen) atoms. The summed E-state index contributed by atoms with van der Waals surface area (Å²) in [5.74, 6) is 0. The van der Waals surface area contributed by atoms with Crippen LogP contribution in [0.5, 0.6) is 0 Å². The molecule has 1 unspecified atom stereocenters. The molecule has 1 atom stereocenters. The van der Waals surface area contributed by atoms with Crippen LogP contribution in [0.15, 0.2) is 24.3 Å². The van der Waals surface area contributed by atoms with Crippen molar-refractivity contribution in [3.8, 4) is 0 Å². The first-order valence-electron chi connectivity index (χ1n) is 6.80. The summed E-state index contributed by atoms with van der Waals surface area (Å²) in [7, 11) is 0. The lowest BCUT2D eigenvalue weighted by Gasteiger charge is -2.08. The van der Waals surface area contributed by atoms with Crippen molar-refractivity contribution in [1.82, 2.24) is 15.5 Å². The van der Waals surface area contributed by atoms with E-state index in [1.165, 1.54) is 11.1 Å². The van der Waals surface area contributed by atoms with E-state index in [1.54, 1.807) is 11.3 Å². The molecule has 0 saturated heterocycles. The maximum atomic E-state index is 4.29. The topological polar surface area (TPSA) is 37.8 Å². The Balaban J connectivity index is 1.98. The summed E-state index contributed by atoms with van der Waals surface area (Å²) in [5, 5.41) is 14.2. The van der Waals surface area contributed by atoms with Crippen LogP contribution < -0.4 is 5.32 Å². The highest BCUT2D eigenvalue weighted by Crippen LogP contribution is 2.20. The SMILES string of the molecule is CCCNC(C)c1nnc(Cc2ccc(C)cc2)s1. The van der Waals surface area contributed by atoms with Gasteiger partial charge >= 0.3 is 0 Å². The summed E-state index contributed by atoms with van der Waals surface area (Å²) in [4.78, 5) is 0. The fraction of sp³-hybridized carbons (Fsp3) is 0.467. The van der Waals surface area contributed by atoms with Crippen molar-refractivity contribution in [2.75, 3.05) is 6.54 Å². The summed E-state index contributed by atoms with van der Waals surface area (Å²) >= 11 is 1.71. The predicted molar refractivity (Wildman–Crippen MR) is 80.6 cm³/mol. The van der Waals surface area contributed by atoms with Crippen molar-refractivity contribution in [2.24, 2.45) is 0 Å². The molecule has 0 radical (unpaired) electrons. The molecule has 0 bridgehead atoms. The van der Waals surface area contributed by atoms with Crippen LogP contribution in [0.25, 0.3) is 0 Å². The lowest BCUT2D eigenvalue weighted by atomic mass is 10.1. The largest absolute Gasteiger partial charge is 0.308 e. The Hall–Kier alpha value is -1.26. The first-order chi connectivity index (χ1) is 9.19. The standard InChI is InChI=1S/C15H21N3S/c1-4-9-16-12(3)15-18-17-14(19-15)10-13-7-5-11(2)6-8-13/h5-8,12,16H,4,9-10H2,1-3H3. The van der Waals surface area contributed by atoms with Crippen molar-refractivity contribution < 1.29 is 0 Å². The Kier molecular flexibility index (Phi) is 5.05. The molecule has 4 heteroatoms. The van der Waals surface area contributed by atoms with E-state index in [9.17, 15) is 0 Å². The molecule has 0 aliphatic heterocycles. The van der Waals surface area contributed by atoms with Gasteiger partial charge in [0, 0.05) is 6.42 Å². The van der Waals surface area contributed by atoms with Gasteiger partial charge in [0.2, 0.25) is 0 Å². The molecule has 102 valence electrons. The van der Waals surface area contributed by atoms with Crippen LogP contribution in [0.4, 0.5) is 0 Å². The van der Waals surface area contributed by atoms with Crippen molar-refractivity contribution in [2.45, 2.75) is 39.7 Å². The van der Waals surface area contributed by atoms with Gasteiger partial charge in [-0.25, -0.2) is 0 Å². The Labute approximate surface area is 119 Å². The summed E-state index contributed by atoms with van der Waals surface area (Å²) in [6, 6.07) is 8.90. The minimum atomic E-state index is 0.296. The number of aromatic nitrogens is 2. The van der Waals surface area contributed by atoms with Crippen LogP contribution in [0.2, 0.25) is 0 Å². The smallest absolute Gasteiger partial charge is 0.134 e. The zero-order valence-corrected chi connectivity index (χ0v) is 12.6. The average Bonchev–Trinajstić information content (AvgIpc) is 2.87. The van der Waals surface area contributed by atoms with Gasteiger partial charge in [-0.3, -0.25) is 0 Å². The second-order valence-corrected chi connectivity index (χ2v) is 5.97. The summed E-state index contributed by atoms with van der Waals surface area (Å²) in [6.45, 7) is 7.44. The van der Waals surface area contributed by atoms with Gasteiger partial charge in [-0.2, -0.15) is 0 Å². The molecule has 0 aliphatic rings. The predicted octanol–water partition coefficient (Wildman–Crippen LogP) is 3.50. The van der Waals surface area contributed by atoms with Crippen LogP contribution in [0, 0.1) is 6.92 Å². The maximum absolute atomic E-state index is 4.29. The highest BCUT2D eigenvalue weighted by Gasteiger charge is 2.11. The first kappa shape index (κ1) is 14.2. The quantitative estimate of drug-likeness (QED) is 0.877. The molecule has 0 spiro atoms. The van der Waals surface area contributed by atoms with Crippen LogP contribution in [-0.4, -0.2) is 16.7 Å². The van der Waals surface area contributed by atoms with E-state index in [0.29, 0.717) is 6.04 Å². The second-order valence-electron chi connectivity index (χ2n) is 4.87. The van der Waals surface area contributed by atoms with E-state index >= 15 is 0 Å². The van der Waals surface area contributed by atoms with E-state index < -0.39 is 0 Å². The molecular formula is C15H21N3S. The third kappa shape index (κ3) is 4.11. The Bertz CT molecular complexity index is 504. The third-order valence-electron chi connectivity index (χ3n) is 3.03. The molecule has 0 fully saturated rings. The number of aryl methyl sites for hydroxylation is 1. The van der Waals surface area contributed by atoms with Crippen molar-refractivity contribution >= 4 is 11.3 Å². The van der Waals surface area contributed by atoms with E-state index in [2.05, 4.69) is 60.6 Å². The molecule has 2 aromatic rings. The number of benzene rings is 1. The molecular weight excluding hydrogens is 254 g/mol. The molecule has 0 amide bonds. The molecule has 2 rings (SSSR count). The third-order valence-corrected chi connectivity index (χ3v) is 4.14. The molecule has 1 N–H and O–H groups in total. The van der Waals surface area contributed by atoms with Crippen LogP contribution in [0.3, 0.4) is 0 Å². The Morgan fingerprint density at radius 3 is 2.63 bits per heavy atom. The van der Waals surface area contributed by atoms with Crippen LogP contribution in [-0.2, 0) is 6.42 Å². The van der Waals surface area contributed by atoms with Gasteiger partial charge in [0.05, 0.1) is 6.04 Å². The number of hydrogen-bond acceptors (Lipinski definition) is 4. The summed E-state index contributed by atoms with van der Waals surface area (Å²) in [5.41, 5.74) is 2.58. The van der Waals surface area contributed by atoms with Crippen molar-refractivity contribution in [3.63, 3.8) is 0 Å². The minimum Gasteiger partial charge on any atom is -0.308 e. The average molecular weight is 275 g/mol. The van der Waals surface area contributed by atoms with E-state index in [-0.39, 0.29) is 0 Å². The fourth-order valence-electron chi connectivity index (χ4n) is 1.84. The van der Waals surface area contributed by atoms with Gasteiger partial charge in [0.25, 0.3) is 0 Å². The summed E-state index contributed by atoms with van der Waals surface area (Å²) < 4.78 is 0. The number of nitrogens with zero attached hydrogens (tertiary/aromatic N) is 2. The van der Waals surface area contributed by atoms with E-state index in [0.717, 1.165) is 29.4 Å². The molecule has 0 saturated carbocycles. The van der Waals surface area contributed by atoms with Gasteiger partial charge in [-0.05, 0) is 32.4 Å². The number of hydrogen-bond donors (Lipinski definition) is 1. The minimum absolute atomic E-state index is 0.296. The monoisotopic (exact) mass is 275 g/mol. The summed E-state index contributed by atoms with van der Waals surface area (Å²) in [6.07, 6.45) is 2.01. The lowest BCUT2D eigenvalue weighted by Crippen LogP contribution is -2.18. The van der Waals surface area contributed by atoms with Gasteiger partial charge in [-0.15, -0.1) is 10.2 Å². The first-order valence-corrected chi connectivity index (χ1v) is 7.62. The molecule has 1 aromatic heterocycles. The van der Waals surface area contributed by atoms with Crippen molar-refractivity contribution in [1.29, 1.82) is 0 Å². The van der Waals surface area contributed by atoms with Gasteiger partial charge in [-0.1, -0.05) is 48.1 Å². The zero-order valence-electron chi connectivity index (χ0n) is 11.8. The van der Waals surface area contributed by atoms with Crippen molar-refractivity contribution in [3.05, 3.63) is 45.4 Å². The van der Waals surface area contributed by atoms with Crippen LogP contribution in [0.1, 0.15) is 47.5 Å². The number of nitrogens with one attached hydrogen (secondary N) is 1.